The van der Waals surface area contributed by atoms with E-state index in [1.54, 1.807) is 11.6 Å². The van der Waals surface area contributed by atoms with Gasteiger partial charge in [0.15, 0.2) is 0 Å². The van der Waals surface area contributed by atoms with Crippen molar-refractivity contribution in [2.75, 3.05) is 0 Å². The predicted molar refractivity (Wildman–Crippen MR) is 72.6 cm³/mol. The number of halogens is 1. The van der Waals surface area contributed by atoms with E-state index in [4.69, 9.17) is 17.3 Å². The number of aromatic nitrogens is 2. The fourth-order valence-corrected chi connectivity index (χ4v) is 2.10. The lowest BCUT2D eigenvalue weighted by atomic mass is 10.0. The Balaban J connectivity index is 3.04. The summed E-state index contributed by atoms with van der Waals surface area (Å²) in [6.07, 6.45) is 0. The molecule has 102 valence electrons. The Kier molecular flexibility index (Phi) is 4.40. The number of primary amides is 1. The van der Waals surface area contributed by atoms with E-state index in [1.165, 1.54) is 0 Å². The van der Waals surface area contributed by atoms with Crippen LogP contribution in [0.5, 0.6) is 0 Å². The molecule has 0 bridgehead atoms. The maximum atomic E-state index is 11.6. The second-order valence-corrected chi connectivity index (χ2v) is 5.52. The van der Waals surface area contributed by atoms with Crippen LogP contribution in [-0.2, 0) is 11.3 Å². The lowest BCUT2D eigenvalue weighted by molar-refractivity contribution is -0.124. The van der Waals surface area contributed by atoms with Crippen molar-refractivity contribution in [1.82, 2.24) is 15.1 Å². The fourth-order valence-electron chi connectivity index (χ4n) is 1.96. The molecular formula is C12H21ClN4O. The topological polar surface area (TPSA) is 72.9 Å². The molecule has 6 heteroatoms. The molecule has 5 nitrogen and oxygen atoms in total. The number of aryl methyl sites for hydroxylation is 1. The largest absolute Gasteiger partial charge is 0.368 e. The summed E-state index contributed by atoms with van der Waals surface area (Å²) < 4.78 is 1.72. The van der Waals surface area contributed by atoms with Crippen LogP contribution in [0.1, 0.15) is 32.2 Å². The van der Waals surface area contributed by atoms with Gasteiger partial charge in [-0.2, -0.15) is 5.10 Å². The van der Waals surface area contributed by atoms with Gasteiger partial charge in [-0.3, -0.25) is 14.8 Å². The van der Waals surface area contributed by atoms with Gasteiger partial charge in [0.1, 0.15) is 5.54 Å². The first-order chi connectivity index (χ1) is 8.17. The van der Waals surface area contributed by atoms with Gasteiger partial charge in [-0.25, -0.2) is 0 Å². The molecule has 1 heterocycles. The highest BCUT2D eigenvalue weighted by Crippen LogP contribution is 2.21. The number of amides is 1. The van der Waals surface area contributed by atoms with E-state index in [2.05, 4.69) is 10.4 Å². The van der Waals surface area contributed by atoms with Crippen molar-refractivity contribution in [3.05, 3.63) is 16.4 Å². The molecule has 0 radical (unpaired) electrons. The van der Waals surface area contributed by atoms with E-state index in [-0.39, 0.29) is 6.04 Å². The van der Waals surface area contributed by atoms with E-state index in [9.17, 15) is 4.79 Å². The Hall–Kier alpha value is -1.07. The molecule has 0 aliphatic carbocycles. The Labute approximate surface area is 113 Å². The zero-order valence-electron chi connectivity index (χ0n) is 11.5. The van der Waals surface area contributed by atoms with E-state index in [1.807, 2.05) is 27.7 Å². The van der Waals surface area contributed by atoms with Gasteiger partial charge in [-0.15, -0.1) is 0 Å². The van der Waals surface area contributed by atoms with Gasteiger partial charge >= 0.3 is 0 Å². The third-order valence-corrected chi connectivity index (χ3v) is 3.46. The van der Waals surface area contributed by atoms with Gasteiger partial charge in [0, 0.05) is 6.04 Å². The average molecular weight is 273 g/mol. The highest BCUT2D eigenvalue weighted by Gasteiger charge is 2.33. The molecule has 0 saturated carbocycles. The van der Waals surface area contributed by atoms with Crippen LogP contribution in [0.3, 0.4) is 0 Å². The minimum absolute atomic E-state index is 0.148. The summed E-state index contributed by atoms with van der Waals surface area (Å²) in [4.78, 5) is 11.6. The van der Waals surface area contributed by atoms with E-state index >= 15 is 0 Å². The summed E-state index contributed by atoms with van der Waals surface area (Å²) in [7, 11) is 0. The number of carbonyl (C=O) groups is 1. The molecule has 0 aliphatic heterocycles. The Morgan fingerprint density at radius 2 is 2.11 bits per heavy atom. The minimum atomic E-state index is -0.847. The van der Waals surface area contributed by atoms with Crippen LogP contribution in [-0.4, -0.2) is 27.3 Å². The summed E-state index contributed by atoms with van der Waals surface area (Å²) >= 11 is 6.09. The van der Waals surface area contributed by atoms with Crippen molar-refractivity contribution in [2.24, 2.45) is 5.73 Å². The van der Waals surface area contributed by atoms with Gasteiger partial charge < -0.3 is 5.73 Å². The number of nitrogens with one attached hydrogen (secondary N) is 1. The SMILES string of the molecule is Cc1nn(CC(C)(NC(C)C)C(N)=O)c(C)c1Cl. The van der Waals surface area contributed by atoms with Gasteiger partial charge in [0.25, 0.3) is 0 Å². The average Bonchev–Trinajstić information content (AvgIpc) is 2.45. The molecule has 0 aliphatic rings. The minimum Gasteiger partial charge on any atom is -0.368 e. The molecule has 0 fully saturated rings. The molecule has 0 aromatic carbocycles. The molecule has 1 aromatic rings. The number of nitrogens with zero attached hydrogens (tertiary/aromatic N) is 2. The van der Waals surface area contributed by atoms with Crippen LogP contribution >= 0.6 is 11.6 Å². The first-order valence-corrected chi connectivity index (χ1v) is 6.32. The molecular weight excluding hydrogens is 252 g/mol. The van der Waals surface area contributed by atoms with Crippen LogP contribution < -0.4 is 11.1 Å². The van der Waals surface area contributed by atoms with E-state index < -0.39 is 11.4 Å². The van der Waals surface area contributed by atoms with Crippen molar-refractivity contribution in [3.8, 4) is 0 Å². The molecule has 1 atom stereocenters. The maximum Gasteiger partial charge on any atom is 0.239 e. The van der Waals surface area contributed by atoms with Crippen LogP contribution in [0.25, 0.3) is 0 Å². The van der Waals surface area contributed by atoms with E-state index in [0.717, 1.165) is 11.4 Å². The quantitative estimate of drug-likeness (QED) is 0.851. The van der Waals surface area contributed by atoms with Crippen LogP contribution in [0, 0.1) is 13.8 Å². The Morgan fingerprint density at radius 1 is 1.56 bits per heavy atom. The van der Waals surface area contributed by atoms with Crippen molar-refractivity contribution in [2.45, 2.75) is 52.7 Å². The van der Waals surface area contributed by atoms with Crippen LogP contribution in [0.2, 0.25) is 5.02 Å². The smallest absolute Gasteiger partial charge is 0.239 e. The van der Waals surface area contributed by atoms with Crippen molar-refractivity contribution < 1.29 is 4.79 Å². The summed E-state index contributed by atoms with van der Waals surface area (Å²) in [6.45, 7) is 9.78. The molecule has 0 saturated heterocycles. The third-order valence-electron chi connectivity index (χ3n) is 2.91. The standard InChI is InChI=1S/C12H21ClN4O/c1-7(2)15-12(5,11(14)18)6-17-9(4)10(13)8(3)16-17/h7,15H,6H2,1-5H3,(H2,14,18). The summed E-state index contributed by atoms with van der Waals surface area (Å²) in [5.74, 6) is -0.403. The van der Waals surface area contributed by atoms with Gasteiger partial charge in [-0.1, -0.05) is 11.6 Å². The van der Waals surface area contributed by atoms with Crippen molar-refractivity contribution in [3.63, 3.8) is 0 Å². The highest BCUT2D eigenvalue weighted by molar-refractivity contribution is 6.31. The zero-order chi connectivity index (χ0) is 14.1. The Bertz CT molecular complexity index is 455. The number of carbonyl (C=O) groups excluding carboxylic acids is 1. The van der Waals surface area contributed by atoms with Crippen molar-refractivity contribution >= 4 is 17.5 Å². The predicted octanol–water partition coefficient (Wildman–Crippen LogP) is 1.40. The van der Waals surface area contributed by atoms with Gasteiger partial charge in [0.2, 0.25) is 5.91 Å². The monoisotopic (exact) mass is 272 g/mol. The summed E-state index contributed by atoms with van der Waals surface area (Å²) in [6, 6.07) is 0.148. The lowest BCUT2D eigenvalue weighted by Gasteiger charge is -2.30. The first-order valence-electron chi connectivity index (χ1n) is 5.94. The Morgan fingerprint density at radius 3 is 2.44 bits per heavy atom. The van der Waals surface area contributed by atoms with Crippen LogP contribution in [0.4, 0.5) is 0 Å². The second-order valence-electron chi connectivity index (χ2n) is 5.14. The normalized spacial score (nSPS) is 14.8. The molecule has 1 unspecified atom stereocenters. The van der Waals surface area contributed by atoms with E-state index in [0.29, 0.717) is 11.6 Å². The van der Waals surface area contributed by atoms with Crippen molar-refractivity contribution in [1.29, 1.82) is 0 Å². The summed E-state index contributed by atoms with van der Waals surface area (Å²) in [5.41, 5.74) is 6.24. The summed E-state index contributed by atoms with van der Waals surface area (Å²) in [5, 5.41) is 8.13. The third kappa shape index (κ3) is 3.03. The zero-order valence-corrected chi connectivity index (χ0v) is 12.3. The number of hydrogen-bond acceptors (Lipinski definition) is 3. The second kappa shape index (κ2) is 5.28. The first kappa shape index (κ1) is 15.0. The molecule has 18 heavy (non-hydrogen) atoms. The number of rotatable bonds is 5. The molecule has 1 rings (SSSR count). The number of nitrogens with two attached hydrogens (primary N) is 1. The maximum absolute atomic E-state index is 11.6. The molecule has 3 N–H and O–H groups in total. The van der Waals surface area contributed by atoms with Gasteiger partial charge in [0.05, 0.1) is 23.0 Å². The highest BCUT2D eigenvalue weighted by atomic mass is 35.5. The number of hydrogen-bond donors (Lipinski definition) is 2. The molecule has 1 aromatic heterocycles. The van der Waals surface area contributed by atoms with Crippen LogP contribution in [0.15, 0.2) is 0 Å². The molecule has 1 amide bonds. The lowest BCUT2D eigenvalue weighted by Crippen LogP contribution is -2.58. The fraction of sp³-hybridized carbons (Fsp3) is 0.667. The van der Waals surface area contributed by atoms with Gasteiger partial charge in [-0.05, 0) is 34.6 Å². The molecule has 0 spiro atoms.